The first-order valence-electron chi connectivity index (χ1n) is 4.03. The minimum Gasteiger partial charge on any atom is -0.379 e. The third-order valence-electron chi connectivity index (χ3n) is 2.12. The molecule has 0 radical (unpaired) electrons. The van der Waals surface area contributed by atoms with E-state index in [2.05, 4.69) is 11.2 Å². The molecule has 1 rings (SSSR count). The minimum absolute atomic E-state index is 0.0794. The molecule has 1 saturated carbocycles. The molecule has 1 amide bonds. The molecule has 0 saturated heterocycles. The van der Waals surface area contributed by atoms with Gasteiger partial charge in [0, 0.05) is 7.11 Å². The van der Waals surface area contributed by atoms with Gasteiger partial charge < -0.3 is 10.1 Å². The zero-order chi connectivity index (χ0) is 8.97. The molecule has 3 heteroatoms. The molecule has 0 aromatic heterocycles. The summed E-state index contributed by atoms with van der Waals surface area (Å²) in [6.45, 7) is 0. The van der Waals surface area contributed by atoms with Gasteiger partial charge in [-0.1, -0.05) is 5.92 Å². The van der Waals surface area contributed by atoms with E-state index in [1.165, 1.54) is 0 Å². The Morgan fingerprint density at radius 3 is 2.92 bits per heavy atom. The van der Waals surface area contributed by atoms with Crippen LogP contribution >= 0.6 is 0 Å². The van der Waals surface area contributed by atoms with Crippen LogP contribution in [0.4, 0.5) is 0 Å². The Kier molecular flexibility index (Phi) is 3.12. The third-order valence-corrected chi connectivity index (χ3v) is 2.12. The lowest BCUT2D eigenvalue weighted by Crippen LogP contribution is -2.50. The second-order valence-electron chi connectivity index (χ2n) is 2.91. The van der Waals surface area contributed by atoms with E-state index >= 15 is 0 Å². The topological polar surface area (TPSA) is 38.3 Å². The molecule has 0 heterocycles. The quantitative estimate of drug-likeness (QED) is 0.614. The summed E-state index contributed by atoms with van der Waals surface area (Å²) in [4.78, 5) is 11.0. The fraction of sp³-hybridized carbons (Fsp3) is 0.667. The average Bonchev–Trinajstić information content (AvgIpc) is 2.00. The molecule has 66 valence electrons. The van der Waals surface area contributed by atoms with Crippen LogP contribution in [0.25, 0.3) is 0 Å². The molecule has 2 atom stereocenters. The highest BCUT2D eigenvalue weighted by Crippen LogP contribution is 2.22. The van der Waals surface area contributed by atoms with Crippen LogP contribution in [0.2, 0.25) is 0 Å². The Bertz CT molecular complexity index is 205. The molecule has 0 aromatic carbocycles. The van der Waals surface area contributed by atoms with Crippen molar-refractivity contribution >= 4 is 5.91 Å². The molecule has 2 unspecified atom stereocenters. The fourth-order valence-corrected chi connectivity index (χ4v) is 1.27. The lowest BCUT2D eigenvalue weighted by Gasteiger charge is -2.35. The first-order valence-corrected chi connectivity index (χ1v) is 4.03. The van der Waals surface area contributed by atoms with E-state index in [-0.39, 0.29) is 24.5 Å². The van der Waals surface area contributed by atoms with Gasteiger partial charge in [-0.2, -0.15) is 0 Å². The number of methoxy groups -OCH3 is 1. The molecule has 0 bridgehead atoms. The fourth-order valence-electron chi connectivity index (χ4n) is 1.27. The van der Waals surface area contributed by atoms with Crippen LogP contribution in [0.3, 0.4) is 0 Å². The lowest BCUT2D eigenvalue weighted by molar-refractivity contribution is -0.123. The highest BCUT2D eigenvalue weighted by molar-refractivity contribution is 5.78. The summed E-state index contributed by atoms with van der Waals surface area (Å²) in [7, 11) is 1.66. The number of ether oxygens (including phenoxy) is 1. The van der Waals surface area contributed by atoms with Crippen molar-refractivity contribution in [2.75, 3.05) is 7.11 Å². The summed E-state index contributed by atoms with van der Waals surface area (Å²) < 4.78 is 5.11. The van der Waals surface area contributed by atoms with Crippen molar-refractivity contribution in [3.8, 4) is 12.3 Å². The number of hydrogen-bond acceptors (Lipinski definition) is 2. The Balaban J connectivity index is 2.23. The van der Waals surface area contributed by atoms with Gasteiger partial charge in [-0.05, 0) is 12.8 Å². The molecule has 1 aliphatic carbocycles. The molecule has 0 spiro atoms. The maximum atomic E-state index is 11.0. The largest absolute Gasteiger partial charge is 0.379 e. The van der Waals surface area contributed by atoms with Crippen molar-refractivity contribution in [2.24, 2.45) is 0 Å². The van der Waals surface area contributed by atoms with Crippen molar-refractivity contribution in [3.63, 3.8) is 0 Å². The van der Waals surface area contributed by atoms with Crippen LogP contribution in [-0.4, -0.2) is 25.2 Å². The Morgan fingerprint density at radius 2 is 2.50 bits per heavy atom. The van der Waals surface area contributed by atoms with Crippen molar-refractivity contribution in [3.05, 3.63) is 0 Å². The number of carbonyl (C=O) groups excluding carboxylic acids is 1. The second kappa shape index (κ2) is 4.13. The predicted octanol–water partition coefficient (Wildman–Crippen LogP) is 0.303. The van der Waals surface area contributed by atoms with Gasteiger partial charge >= 0.3 is 0 Å². The van der Waals surface area contributed by atoms with Crippen molar-refractivity contribution < 1.29 is 9.53 Å². The molecule has 0 aliphatic heterocycles. The normalized spacial score (nSPS) is 27.0. The standard InChI is InChI=1S/C9H13NO2/c1-3-4-9(11)10-7-5-6-8(7)12-2/h1,7-8H,4-6H2,2H3,(H,10,11). The van der Waals surface area contributed by atoms with Crippen LogP contribution in [0, 0.1) is 12.3 Å². The zero-order valence-corrected chi connectivity index (χ0v) is 7.17. The maximum Gasteiger partial charge on any atom is 0.232 e. The van der Waals surface area contributed by atoms with Crippen molar-refractivity contribution in [1.82, 2.24) is 5.32 Å². The molecular formula is C9H13NO2. The number of nitrogens with one attached hydrogen (secondary N) is 1. The van der Waals surface area contributed by atoms with Gasteiger partial charge in [0.25, 0.3) is 0 Å². The van der Waals surface area contributed by atoms with Gasteiger partial charge in [-0.15, -0.1) is 6.42 Å². The Morgan fingerprint density at radius 1 is 1.75 bits per heavy atom. The minimum atomic E-state index is -0.0794. The van der Waals surface area contributed by atoms with E-state index in [4.69, 9.17) is 11.2 Å². The highest BCUT2D eigenvalue weighted by Gasteiger charge is 2.31. The van der Waals surface area contributed by atoms with E-state index in [1.54, 1.807) is 7.11 Å². The molecule has 1 aliphatic rings. The van der Waals surface area contributed by atoms with Crippen LogP contribution in [0.1, 0.15) is 19.3 Å². The van der Waals surface area contributed by atoms with Crippen LogP contribution < -0.4 is 5.32 Å². The molecule has 12 heavy (non-hydrogen) atoms. The van der Waals surface area contributed by atoms with E-state index in [0.29, 0.717) is 0 Å². The SMILES string of the molecule is C#CCC(=O)NC1CCC1OC. The van der Waals surface area contributed by atoms with Crippen LogP contribution in [-0.2, 0) is 9.53 Å². The Labute approximate surface area is 72.5 Å². The second-order valence-corrected chi connectivity index (χ2v) is 2.91. The number of rotatable bonds is 3. The number of hydrogen-bond donors (Lipinski definition) is 1. The summed E-state index contributed by atoms with van der Waals surface area (Å²) in [6, 6.07) is 0.177. The van der Waals surface area contributed by atoms with E-state index in [1.807, 2.05) is 0 Å². The number of carbonyl (C=O) groups is 1. The van der Waals surface area contributed by atoms with Crippen molar-refractivity contribution in [2.45, 2.75) is 31.4 Å². The van der Waals surface area contributed by atoms with E-state index in [0.717, 1.165) is 12.8 Å². The molecule has 0 aromatic rings. The van der Waals surface area contributed by atoms with E-state index in [9.17, 15) is 4.79 Å². The van der Waals surface area contributed by atoms with Crippen LogP contribution in [0.15, 0.2) is 0 Å². The summed E-state index contributed by atoms with van der Waals surface area (Å²) in [6.07, 6.45) is 7.36. The molecule has 1 fully saturated rings. The summed E-state index contributed by atoms with van der Waals surface area (Å²) >= 11 is 0. The molecule has 1 N–H and O–H groups in total. The smallest absolute Gasteiger partial charge is 0.232 e. The molecule has 3 nitrogen and oxygen atoms in total. The average molecular weight is 167 g/mol. The number of terminal acetylenes is 1. The van der Waals surface area contributed by atoms with Gasteiger partial charge in [0.2, 0.25) is 5.91 Å². The van der Waals surface area contributed by atoms with Gasteiger partial charge in [-0.3, -0.25) is 4.79 Å². The van der Waals surface area contributed by atoms with Gasteiger partial charge in [0.15, 0.2) is 0 Å². The summed E-state index contributed by atoms with van der Waals surface area (Å²) in [5, 5.41) is 2.81. The van der Waals surface area contributed by atoms with Crippen LogP contribution in [0.5, 0.6) is 0 Å². The highest BCUT2D eigenvalue weighted by atomic mass is 16.5. The van der Waals surface area contributed by atoms with E-state index < -0.39 is 0 Å². The predicted molar refractivity (Wildman–Crippen MR) is 45.4 cm³/mol. The number of amides is 1. The Hall–Kier alpha value is -1.01. The lowest BCUT2D eigenvalue weighted by atomic mass is 9.89. The van der Waals surface area contributed by atoms with Crippen molar-refractivity contribution in [1.29, 1.82) is 0 Å². The molecular weight excluding hydrogens is 154 g/mol. The summed E-state index contributed by atoms with van der Waals surface area (Å²) in [5.74, 6) is 2.22. The zero-order valence-electron chi connectivity index (χ0n) is 7.17. The monoisotopic (exact) mass is 167 g/mol. The van der Waals surface area contributed by atoms with Gasteiger partial charge in [0.1, 0.15) is 0 Å². The first kappa shape index (κ1) is 9.08. The summed E-state index contributed by atoms with van der Waals surface area (Å²) in [5.41, 5.74) is 0. The third kappa shape index (κ3) is 1.99. The van der Waals surface area contributed by atoms with Gasteiger partial charge in [0.05, 0.1) is 18.6 Å². The first-order chi connectivity index (χ1) is 5.77. The van der Waals surface area contributed by atoms with Gasteiger partial charge in [-0.25, -0.2) is 0 Å². The maximum absolute atomic E-state index is 11.0.